The summed E-state index contributed by atoms with van der Waals surface area (Å²) in [5.74, 6) is 0.238. The second kappa shape index (κ2) is 4.79. The molecule has 0 heterocycles. The number of esters is 1. The van der Waals surface area contributed by atoms with E-state index in [1.165, 1.54) is 13.2 Å². The van der Waals surface area contributed by atoms with Crippen molar-refractivity contribution in [3.8, 4) is 17.2 Å². The van der Waals surface area contributed by atoms with Crippen molar-refractivity contribution in [3.05, 3.63) is 43.0 Å². The van der Waals surface area contributed by atoms with Crippen LogP contribution in [0.2, 0.25) is 0 Å². The van der Waals surface area contributed by atoms with Crippen molar-refractivity contribution in [3.63, 3.8) is 0 Å². The van der Waals surface area contributed by atoms with Gasteiger partial charge in [-0.15, -0.1) is 0 Å². The van der Waals surface area contributed by atoms with E-state index in [2.05, 4.69) is 6.58 Å². The van der Waals surface area contributed by atoms with E-state index in [-0.39, 0.29) is 11.5 Å². The number of phenolic OH excluding ortho intramolecular Hbond substituents is 1. The van der Waals surface area contributed by atoms with Gasteiger partial charge in [0.2, 0.25) is 0 Å². The lowest BCUT2D eigenvalue weighted by atomic mass is 10.1. The van der Waals surface area contributed by atoms with Gasteiger partial charge in [-0.1, -0.05) is 18.7 Å². The number of fused-ring (bicyclic) bond motifs is 1. The first-order chi connectivity index (χ1) is 8.65. The molecule has 0 aliphatic heterocycles. The van der Waals surface area contributed by atoms with Crippen LogP contribution in [-0.2, 0) is 4.79 Å². The zero-order valence-electron chi connectivity index (χ0n) is 9.84. The molecule has 2 rings (SSSR count). The van der Waals surface area contributed by atoms with E-state index < -0.39 is 5.97 Å². The van der Waals surface area contributed by atoms with Crippen molar-refractivity contribution in [2.45, 2.75) is 0 Å². The summed E-state index contributed by atoms with van der Waals surface area (Å²) in [5.41, 5.74) is 0. The molecule has 0 aromatic heterocycles. The molecule has 0 aliphatic carbocycles. The number of rotatable bonds is 3. The Morgan fingerprint density at radius 1 is 1.33 bits per heavy atom. The number of phenols is 1. The average Bonchev–Trinajstić information content (AvgIpc) is 2.37. The zero-order chi connectivity index (χ0) is 13.1. The molecule has 0 atom stereocenters. The van der Waals surface area contributed by atoms with Crippen LogP contribution in [0.15, 0.2) is 43.0 Å². The minimum atomic E-state index is -0.590. The third-order valence-electron chi connectivity index (χ3n) is 2.48. The normalized spacial score (nSPS) is 10.1. The smallest absolute Gasteiger partial charge is 0.335 e. The van der Waals surface area contributed by atoms with Gasteiger partial charge in [-0.3, -0.25) is 0 Å². The highest BCUT2D eigenvalue weighted by Gasteiger charge is 2.12. The molecule has 0 fully saturated rings. The minimum Gasteiger partial charge on any atom is -0.508 e. The van der Waals surface area contributed by atoms with Crippen molar-refractivity contribution in [2.24, 2.45) is 0 Å². The summed E-state index contributed by atoms with van der Waals surface area (Å²) in [7, 11) is 1.53. The Balaban J connectivity index is 2.69. The maximum atomic E-state index is 11.3. The van der Waals surface area contributed by atoms with E-state index in [0.29, 0.717) is 11.1 Å². The fourth-order valence-corrected chi connectivity index (χ4v) is 1.74. The summed E-state index contributed by atoms with van der Waals surface area (Å²) in [6.45, 7) is 3.33. The number of carbonyl (C=O) groups is 1. The van der Waals surface area contributed by atoms with Gasteiger partial charge in [-0.05, 0) is 17.5 Å². The molecule has 0 bridgehead atoms. The Kier molecular flexibility index (Phi) is 3.19. The van der Waals surface area contributed by atoms with E-state index in [9.17, 15) is 9.90 Å². The van der Waals surface area contributed by atoms with Crippen molar-refractivity contribution in [1.82, 2.24) is 0 Å². The van der Waals surface area contributed by atoms with Crippen LogP contribution in [-0.4, -0.2) is 18.2 Å². The van der Waals surface area contributed by atoms with Crippen LogP contribution in [0.25, 0.3) is 10.8 Å². The molecule has 0 saturated carbocycles. The lowest BCUT2D eigenvalue weighted by Crippen LogP contribution is -2.03. The van der Waals surface area contributed by atoms with Gasteiger partial charge < -0.3 is 14.6 Å². The Labute approximate surface area is 104 Å². The Morgan fingerprint density at radius 3 is 2.78 bits per heavy atom. The highest BCUT2D eigenvalue weighted by atomic mass is 16.5. The predicted molar refractivity (Wildman–Crippen MR) is 68.0 cm³/mol. The molecule has 0 unspecified atom stereocenters. The van der Waals surface area contributed by atoms with Gasteiger partial charge in [-0.25, -0.2) is 4.79 Å². The lowest BCUT2D eigenvalue weighted by molar-refractivity contribution is -0.128. The Hall–Kier alpha value is -2.49. The molecular formula is C14H12O4. The highest BCUT2D eigenvalue weighted by Crippen LogP contribution is 2.37. The predicted octanol–water partition coefficient (Wildman–Crippen LogP) is 2.65. The van der Waals surface area contributed by atoms with Gasteiger partial charge in [0, 0.05) is 12.1 Å². The second-order valence-corrected chi connectivity index (χ2v) is 3.63. The van der Waals surface area contributed by atoms with Gasteiger partial charge in [0.15, 0.2) is 0 Å². The maximum Gasteiger partial charge on any atom is 0.335 e. The maximum absolute atomic E-state index is 11.3. The number of hydrogen-bond donors (Lipinski definition) is 1. The van der Waals surface area contributed by atoms with Crippen molar-refractivity contribution >= 4 is 16.7 Å². The molecule has 0 spiro atoms. The second-order valence-electron chi connectivity index (χ2n) is 3.63. The fraction of sp³-hybridized carbons (Fsp3) is 0.0714. The zero-order valence-corrected chi connectivity index (χ0v) is 9.84. The number of hydrogen-bond acceptors (Lipinski definition) is 4. The van der Waals surface area contributed by atoms with Crippen LogP contribution in [0.5, 0.6) is 17.2 Å². The third-order valence-corrected chi connectivity index (χ3v) is 2.48. The summed E-state index contributed by atoms with van der Waals surface area (Å²) < 4.78 is 10.3. The van der Waals surface area contributed by atoms with Crippen LogP contribution in [0, 0.1) is 0 Å². The van der Waals surface area contributed by atoms with Crippen LogP contribution >= 0.6 is 0 Å². The number of carbonyl (C=O) groups excluding carboxylic acids is 1. The third kappa shape index (κ3) is 2.13. The van der Waals surface area contributed by atoms with Gasteiger partial charge in [0.05, 0.1) is 12.5 Å². The van der Waals surface area contributed by atoms with Crippen LogP contribution in [0.4, 0.5) is 0 Å². The highest BCUT2D eigenvalue weighted by molar-refractivity contribution is 5.97. The first kappa shape index (κ1) is 12.0. The summed E-state index contributed by atoms with van der Waals surface area (Å²) in [4.78, 5) is 11.3. The van der Waals surface area contributed by atoms with Crippen LogP contribution in [0.3, 0.4) is 0 Å². The molecule has 4 nitrogen and oxygen atoms in total. The Bertz CT molecular complexity index is 616. The van der Waals surface area contributed by atoms with E-state index in [1.54, 1.807) is 24.3 Å². The summed E-state index contributed by atoms with van der Waals surface area (Å²) in [5, 5.41) is 11.0. The quantitative estimate of drug-likeness (QED) is 0.512. The van der Waals surface area contributed by atoms with Gasteiger partial charge >= 0.3 is 5.97 Å². The molecule has 0 radical (unpaired) electrons. The van der Waals surface area contributed by atoms with Gasteiger partial charge in [0.25, 0.3) is 0 Å². The number of aromatic hydroxyl groups is 1. The fourth-order valence-electron chi connectivity index (χ4n) is 1.74. The lowest BCUT2D eigenvalue weighted by Gasteiger charge is -2.10. The first-order valence-electron chi connectivity index (χ1n) is 5.29. The van der Waals surface area contributed by atoms with E-state index in [4.69, 9.17) is 9.47 Å². The Morgan fingerprint density at radius 2 is 2.11 bits per heavy atom. The van der Waals surface area contributed by atoms with Crippen LogP contribution < -0.4 is 9.47 Å². The summed E-state index contributed by atoms with van der Waals surface area (Å²) in [6, 6.07) is 8.28. The van der Waals surface area contributed by atoms with Gasteiger partial charge in [0.1, 0.15) is 17.2 Å². The molecule has 2 aromatic rings. The molecule has 0 aliphatic rings. The van der Waals surface area contributed by atoms with Gasteiger partial charge in [-0.2, -0.15) is 0 Å². The standard InChI is InChI=1S/C14H12O4/c1-3-13(16)18-12-8-10(15)7-9-5-4-6-11(17-2)14(9)12/h3-8,15H,1H2,2H3. The van der Waals surface area contributed by atoms with Crippen molar-refractivity contribution in [1.29, 1.82) is 0 Å². The van der Waals surface area contributed by atoms with E-state index in [0.717, 1.165) is 11.5 Å². The van der Waals surface area contributed by atoms with Crippen LogP contribution in [0.1, 0.15) is 0 Å². The SMILES string of the molecule is C=CC(=O)Oc1cc(O)cc2cccc(OC)c12. The molecule has 18 heavy (non-hydrogen) atoms. The molecule has 2 aromatic carbocycles. The number of ether oxygens (including phenoxy) is 2. The van der Waals surface area contributed by atoms with E-state index >= 15 is 0 Å². The minimum absolute atomic E-state index is 0.0163. The molecule has 0 amide bonds. The topological polar surface area (TPSA) is 55.8 Å². The number of methoxy groups -OCH3 is 1. The first-order valence-corrected chi connectivity index (χ1v) is 5.29. The number of benzene rings is 2. The molecule has 92 valence electrons. The largest absolute Gasteiger partial charge is 0.508 e. The monoisotopic (exact) mass is 244 g/mol. The average molecular weight is 244 g/mol. The molecule has 0 saturated heterocycles. The molecule has 1 N–H and O–H groups in total. The summed E-state index contributed by atoms with van der Waals surface area (Å²) >= 11 is 0. The summed E-state index contributed by atoms with van der Waals surface area (Å²) in [6.07, 6.45) is 1.06. The molecular weight excluding hydrogens is 232 g/mol. The van der Waals surface area contributed by atoms with E-state index in [1.807, 2.05) is 0 Å². The molecule has 4 heteroatoms. The van der Waals surface area contributed by atoms with Crippen molar-refractivity contribution < 1.29 is 19.4 Å². The van der Waals surface area contributed by atoms with Crippen molar-refractivity contribution in [2.75, 3.05) is 7.11 Å².